The second-order valence-electron chi connectivity index (χ2n) is 4.90. The molecule has 21 heavy (non-hydrogen) atoms. The van der Waals surface area contributed by atoms with Crippen LogP contribution >= 0.6 is 0 Å². The van der Waals surface area contributed by atoms with Crippen molar-refractivity contribution in [2.75, 3.05) is 21.3 Å². The van der Waals surface area contributed by atoms with E-state index < -0.39 is 0 Å². The Morgan fingerprint density at radius 2 is 1.19 bits per heavy atom. The van der Waals surface area contributed by atoms with Gasteiger partial charge in [0.1, 0.15) is 5.75 Å². The van der Waals surface area contributed by atoms with Gasteiger partial charge in [-0.05, 0) is 30.7 Å². The molecule has 0 fully saturated rings. The van der Waals surface area contributed by atoms with Crippen molar-refractivity contribution < 1.29 is 14.2 Å². The van der Waals surface area contributed by atoms with Gasteiger partial charge < -0.3 is 14.2 Å². The SMILES string of the molecule is COc1cc2nc3cc(OC)c(OC)cc3cc2cc1C. The summed E-state index contributed by atoms with van der Waals surface area (Å²) >= 11 is 0. The highest BCUT2D eigenvalue weighted by atomic mass is 16.5. The first kappa shape index (κ1) is 13.5. The van der Waals surface area contributed by atoms with Crippen LogP contribution in [-0.2, 0) is 0 Å². The second-order valence-corrected chi connectivity index (χ2v) is 4.90. The number of pyridine rings is 1. The molecule has 108 valence electrons. The van der Waals surface area contributed by atoms with E-state index >= 15 is 0 Å². The molecule has 0 aliphatic rings. The van der Waals surface area contributed by atoms with Crippen molar-refractivity contribution >= 4 is 21.8 Å². The Kier molecular flexibility index (Phi) is 3.29. The molecule has 0 spiro atoms. The topological polar surface area (TPSA) is 40.6 Å². The molecule has 0 amide bonds. The summed E-state index contributed by atoms with van der Waals surface area (Å²) < 4.78 is 16.0. The molecule has 3 aromatic rings. The second kappa shape index (κ2) is 5.13. The largest absolute Gasteiger partial charge is 0.496 e. The lowest BCUT2D eigenvalue weighted by Gasteiger charge is -2.11. The number of aromatic nitrogens is 1. The predicted octanol–water partition coefficient (Wildman–Crippen LogP) is 3.72. The fourth-order valence-electron chi connectivity index (χ4n) is 2.53. The Balaban J connectivity index is 2.32. The van der Waals surface area contributed by atoms with Gasteiger partial charge in [-0.1, -0.05) is 0 Å². The number of methoxy groups -OCH3 is 3. The summed E-state index contributed by atoms with van der Waals surface area (Å²) in [7, 11) is 4.92. The normalized spacial score (nSPS) is 10.9. The van der Waals surface area contributed by atoms with Gasteiger partial charge in [0.25, 0.3) is 0 Å². The van der Waals surface area contributed by atoms with Crippen LogP contribution in [0.1, 0.15) is 5.56 Å². The van der Waals surface area contributed by atoms with Gasteiger partial charge >= 0.3 is 0 Å². The number of fused-ring (bicyclic) bond motifs is 2. The average molecular weight is 283 g/mol. The molecule has 4 heteroatoms. The lowest BCUT2D eigenvalue weighted by molar-refractivity contribution is 0.356. The number of nitrogens with zero attached hydrogens (tertiary/aromatic N) is 1. The van der Waals surface area contributed by atoms with Gasteiger partial charge in [-0.25, -0.2) is 4.98 Å². The molecule has 0 saturated heterocycles. The van der Waals surface area contributed by atoms with Crippen molar-refractivity contribution in [2.45, 2.75) is 6.92 Å². The molecular formula is C17H17NO3. The van der Waals surface area contributed by atoms with E-state index in [4.69, 9.17) is 19.2 Å². The van der Waals surface area contributed by atoms with Crippen LogP contribution in [-0.4, -0.2) is 26.3 Å². The van der Waals surface area contributed by atoms with Crippen LogP contribution in [0.15, 0.2) is 30.3 Å². The third-order valence-corrected chi connectivity index (χ3v) is 3.63. The monoisotopic (exact) mass is 283 g/mol. The van der Waals surface area contributed by atoms with Gasteiger partial charge in [0.05, 0.1) is 32.4 Å². The van der Waals surface area contributed by atoms with Crippen LogP contribution < -0.4 is 14.2 Å². The van der Waals surface area contributed by atoms with Gasteiger partial charge in [0.15, 0.2) is 11.5 Å². The number of aryl methyl sites for hydroxylation is 1. The molecule has 3 rings (SSSR count). The Morgan fingerprint density at radius 3 is 1.81 bits per heavy atom. The molecule has 0 atom stereocenters. The maximum Gasteiger partial charge on any atom is 0.162 e. The van der Waals surface area contributed by atoms with Crippen molar-refractivity contribution in [1.82, 2.24) is 4.98 Å². The van der Waals surface area contributed by atoms with E-state index in [0.717, 1.165) is 33.1 Å². The van der Waals surface area contributed by atoms with E-state index in [1.165, 1.54) is 0 Å². The highest BCUT2D eigenvalue weighted by Crippen LogP contribution is 2.34. The Labute approximate surface area is 123 Å². The molecule has 4 nitrogen and oxygen atoms in total. The Bertz CT molecular complexity index is 827. The molecule has 2 aromatic carbocycles. The highest BCUT2D eigenvalue weighted by Gasteiger charge is 2.09. The van der Waals surface area contributed by atoms with Crippen LogP contribution in [0.25, 0.3) is 21.8 Å². The predicted molar refractivity (Wildman–Crippen MR) is 83.6 cm³/mol. The molecule has 0 N–H and O–H groups in total. The Hall–Kier alpha value is -2.49. The van der Waals surface area contributed by atoms with Gasteiger partial charge in [0, 0.05) is 22.9 Å². The number of ether oxygens (including phenoxy) is 3. The maximum absolute atomic E-state index is 5.36. The molecule has 0 saturated carbocycles. The molecule has 1 aromatic heterocycles. The third kappa shape index (κ3) is 2.23. The van der Waals surface area contributed by atoms with Crippen molar-refractivity contribution in [3.63, 3.8) is 0 Å². The van der Waals surface area contributed by atoms with E-state index in [1.54, 1.807) is 21.3 Å². The number of benzene rings is 2. The lowest BCUT2D eigenvalue weighted by atomic mass is 10.1. The van der Waals surface area contributed by atoms with E-state index in [2.05, 4.69) is 12.1 Å². The molecular weight excluding hydrogens is 266 g/mol. The number of hydrogen-bond acceptors (Lipinski definition) is 4. The first-order valence-corrected chi connectivity index (χ1v) is 6.67. The minimum atomic E-state index is 0.677. The van der Waals surface area contributed by atoms with Crippen LogP contribution in [0.4, 0.5) is 0 Å². The standard InChI is InChI=1S/C17H17NO3/c1-10-5-11-6-12-7-16(20-3)17(21-4)9-14(12)18-13(11)8-15(10)19-2/h5-9H,1-4H3. The van der Waals surface area contributed by atoms with E-state index in [9.17, 15) is 0 Å². The first-order chi connectivity index (χ1) is 10.2. The average Bonchev–Trinajstić information content (AvgIpc) is 2.51. The molecule has 0 radical (unpaired) electrons. The van der Waals surface area contributed by atoms with E-state index in [-0.39, 0.29) is 0 Å². The van der Waals surface area contributed by atoms with Crippen molar-refractivity contribution in [3.05, 3.63) is 35.9 Å². The lowest BCUT2D eigenvalue weighted by Crippen LogP contribution is -1.93. The summed E-state index contributed by atoms with van der Waals surface area (Å²) in [6.07, 6.45) is 0. The summed E-state index contributed by atoms with van der Waals surface area (Å²) in [4.78, 5) is 4.70. The highest BCUT2D eigenvalue weighted by molar-refractivity contribution is 5.95. The van der Waals surface area contributed by atoms with E-state index in [0.29, 0.717) is 11.5 Å². The van der Waals surface area contributed by atoms with Crippen LogP contribution in [0.3, 0.4) is 0 Å². The zero-order chi connectivity index (χ0) is 15.0. The van der Waals surface area contributed by atoms with Crippen LogP contribution in [0.2, 0.25) is 0 Å². The number of hydrogen-bond donors (Lipinski definition) is 0. The zero-order valence-corrected chi connectivity index (χ0v) is 12.6. The molecule has 0 aliphatic heterocycles. The van der Waals surface area contributed by atoms with Gasteiger partial charge in [-0.3, -0.25) is 0 Å². The first-order valence-electron chi connectivity index (χ1n) is 6.67. The van der Waals surface area contributed by atoms with Gasteiger partial charge in [-0.2, -0.15) is 0 Å². The van der Waals surface area contributed by atoms with Gasteiger partial charge in [0.2, 0.25) is 0 Å². The zero-order valence-electron chi connectivity index (χ0n) is 12.6. The van der Waals surface area contributed by atoms with Crippen LogP contribution in [0.5, 0.6) is 17.2 Å². The molecule has 0 aliphatic carbocycles. The third-order valence-electron chi connectivity index (χ3n) is 3.63. The smallest absolute Gasteiger partial charge is 0.162 e. The summed E-state index contributed by atoms with van der Waals surface area (Å²) in [5, 5.41) is 2.10. The number of rotatable bonds is 3. The quantitative estimate of drug-likeness (QED) is 0.687. The minimum Gasteiger partial charge on any atom is -0.496 e. The van der Waals surface area contributed by atoms with Crippen molar-refractivity contribution in [1.29, 1.82) is 0 Å². The van der Waals surface area contributed by atoms with Crippen molar-refractivity contribution in [2.24, 2.45) is 0 Å². The molecule has 0 unspecified atom stereocenters. The molecule has 0 bridgehead atoms. The fraction of sp³-hybridized carbons (Fsp3) is 0.235. The summed E-state index contributed by atoms with van der Waals surface area (Å²) in [5.74, 6) is 2.22. The Morgan fingerprint density at radius 1 is 0.667 bits per heavy atom. The maximum atomic E-state index is 5.36. The summed E-state index contributed by atoms with van der Waals surface area (Å²) in [6, 6.07) is 9.98. The van der Waals surface area contributed by atoms with Crippen molar-refractivity contribution in [3.8, 4) is 17.2 Å². The fourth-order valence-corrected chi connectivity index (χ4v) is 2.53. The summed E-state index contributed by atoms with van der Waals surface area (Å²) in [6.45, 7) is 2.02. The molecule has 1 heterocycles. The minimum absolute atomic E-state index is 0.677. The van der Waals surface area contributed by atoms with Gasteiger partial charge in [-0.15, -0.1) is 0 Å². The summed E-state index contributed by atoms with van der Waals surface area (Å²) in [5.41, 5.74) is 2.86. The van der Waals surface area contributed by atoms with Crippen LogP contribution in [0, 0.1) is 6.92 Å². The van der Waals surface area contributed by atoms with E-state index in [1.807, 2.05) is 25.1 Å².